The van der Waals surface area contributed by atoms with Crippen LogP contribution in [0, 0.1) is 0 Å². The molecule has 0 saturated carbocycles. The van der Waals surface area contributed by atoms with Gasteiger partial charge in [0.15, 0.2) is 0 Å². The summed E-state index contributed by atoms with van der Waals surface area (Å²) in [5, 5.41) is 16.2. The van der Waals surface area contributed by atoms with E-state index in [4.69, 9.17) is 16.7 Å². The Morgan fingerprint density at radius 1 is 1.18 bits per heavy atom. The Morgan fingerprint density at radius 2 is 1.91 bits per heavy atom. The molecule has 0 fully saturated rings. The molecule has 22 heavy (non-hydrogen) atoms. The minimum Gasteiger partial charge on any atom is -0.481 e. The molecule has 0 radical (unpaired) electrons. The standard InChI is InChI=1S/C16H16ClNO3S/c17-13-3-1-11(2-4-13)7-14(9-16(20)21)18-15(19)8-12-5-6-22-10-12/h1-6,10,14H,7-9H2,(H,18,19)(H,20,21). The van der Waals surface area contributed by atoms with E-state index in [0.717, 1.165) is 11.1 Å². The second kappa shape index (κ2) is 7.96. The molecule has 2 N–H and O–H groups in total. The molecular weight excluding hydrogens is 322 g/mol. The van der Waals surface area contributed by atoms with Gasteiger partial charge in [0.1, 0.15) is 0 Å². The van der Waals surface area contributed by atoms with Crippen molar-refractivity contribution in [3.05, 3.63) is 57.2 Å². The van der Waals surface area contributed by atoms with Crippen LogP contribution >= 0.6 is 22.9 Å². The lowest BCUT2D eigenvalue weighted by Gasteiger charge is -2.17. The van der Waals surface area contributed by atoms with Crippen molar-refractivity contribution >= 4 is 34.8 Å². The van der Waals surface area contributed by atoms with Crippen molar-refractivity contribution in [2.24, 2.45) is 0 Å². The first-order chi connectivity index (χ1) is 10.5. The molecule has 6 heteroatoms. The number of carboxylic acids is 1. The van der Waals surface area contributed by atoms with Crippen molar-refractivity contribution in [3.8, 4) is 0 Å². The van der Waals surface area contributed by atoms with Crippen LogP contribution < -0.4 is 5.32 Å². The van der Waals surface area contributed by atoms with Gasteiger partial charge in [-0.25, -0.2) is 0 Å². The fraction of sp³-hybridized carbons (Fsp3) is 0.250. The molecule has 1 unspecified atom stereocenters. The van der Waals surface area contributed by atoms with E-state index < -0.39 is 12.0 Å². The summed E-state index contributed by atoms with van der Waals surface area (Å²) in [6.45, 7) is 0. The van der Waals surface area contributed by atoms with Crippen molar-refractivity contribution in [3.63, 3.8) is 0 Å². The number of carboxylic acid groups (broad SMARTS) is 1. The Balaban J connectivity index is 1.97. The third-order valence-corrected chi connectivity index (χ3v) is 4.11. The second-order valence-corrected chi connectivity index (χ2v) is 6.22. The topological polar surface area (TPSA) is 66.4 Å². The van der Waals surface area contributed by atoms with Crippen molar-refractivity contribution < 1.29 is 14.7 Å². The molecule has 0 saturated heterocycles. The number of aliphatic carboxylic acids is 1. The molecule has 2 aromatic rings. The average Bonchev–Trinajstić information content (AvgIpc) is 2.93. The van der Waals surface area contributed by atoms with Gasteiger partial charge in [-0.1, -0.05) is 23.7 Å². The number of halogens is 1. The van der Waals surface area contributed by atoms with Gasteiger partial charge >= 0.3 is 5.97 Å². The largest absolute Gasteiger partial charge is 0.481 e. The number of nitrogens with one attached hydrogen (secondary N) is 1. The van der Waals surface area contributed by atoms with E-state index in [-0.39, 0.29) is 18.7 Å². The van der Waals surface area contributed by atoms with Gasteiger partial charge in [0.05, 0.1) is 12.8 Å². The summed E-state index contributed by atoms with van der Waals surface area (Å²) >= 11 is 7.36. The fourth-order valence-corrected chi connectivity index (χ4v) is 2.94. The van der Waals surface area contributed by atoms with Crippen LogP contribution in [-0.2, 0) is 22.4 Å². The molecule has 1 aromatic heterocycles. The first-order valence-electron chi connectivity index (χ1n) is 6.79. The molecule has 0 aliphatic carbocycles. The maximum absolute atomic E-state index is 12.0. The van der Waals surface area contributed by atoms with Gasteiger partial charge in [0.25, 0.3) is 0 Å². The van der Waals surface area contributed by atoms with Crippen LogP contribution in [0.4, 0.5) is 0 Å². The zero-order valence-corrected chi connectivity index (χ0v) is 13.4. The minimum atomic E-state index is -0.935. The normalized spacial score (nSPS) is 11.9. The molecule has 1 aromatic carbocycles. The van der Waals surface area contributed by atoms with Crippen LogP contribution in [0.1, 0.15) is 17.5 Å². The lowest BCUT2D eigenvalue weighted by molar-refractivity contribution is -0.137. The third-order valence-electron chi connectivity index (χ3n) is 3.13. The van der Waals surface area contributed by atoms with Crippen LogP contribution in [0.5, 0.6) is 0 Å². The number of benzene rings is 1. The van der Waals surface area contributed by atoms with Gasteiger partial charge in [-0.05, 0) is 46.5 Å². The van der Waals surface area contributed by atoms with E-state index in [9.17, 15) is 9.59 Å². The number of carbonyl (C=O) groups excluding carboxylic acids is 1. The fourth-order valence-electron chi connectivity index (χ4n) is 2.15. The number of amides is 1. The number of thiophene rings is 1. The Kier molecular flexibility index (Phi) is 5.98. The molecule has 1 amide bonds. The molecular formula is C16H16ClNO3S. The summed E-state index contributed by atoms with van der Waals surface area (Å²) in [5.74, 6) is -1.10. The van der Waals surface area contributed by atoms with E-state index >= 15 is 0 Å². The van der Waals surface area contributed by atoms with Gasteiger partial charge in [-0.3, -0.25) is 9.59 Å². The van der Waals surface area contributed by atoms with Crippen LogP contribution in [0.2, 0.25) is 5.02 Å². The van der Waals surface area contributed by atoms with E-state index in [0.29, 0.717) is 11.4 Å². The maximum atomic E-state index is 12.0. The number of rotatable bonds is 7. The van der Waals surface area contributed by atoms with Crippen molar-refractivity contribution in [1.29, 1.82) is 0 Å². The molecule has 0 bridgehead atoms. The van der Waals surface area contributed by atoms with Gasteiger partial charge in [0.2, 0.25) is 5.91 Å². The van der Waals surface area contributed by atoms with E-state index in [1.54, 1.807) is 12.1 Å². The lowest BCUT2D eigenvalue weighted by atomic mass is 10.0. The zero-order valence-electron chi connectivity index (χ0n) is 11.8. The lowest BCUT2D eigenvalue weighted by Crippen LogP contribution is -2.38. The summed E-state index contributed by atoms with van der Waals surface area (Å²) in [5.41, 5.74) is 1.87. The second-order valence-electron chi connectivity index (χ2n) is 5.00. The summed E-state index contributed by atoms with van der Waals surface area (Å²) in [4.78, 5) is 23.0. The van der Waals surface area contributed by atoms with Gasteiger partial charge in [0, 0.05) is 11.1 Å². The first kappa shape index (κ1) is 16.5. The smallest absolute Gasteiger partial charge is 0.305 e. The highest BCUT2D eigenvalue weighted by molar-refractivity contribution is 7.08. The molecule has 0 aliphatic heterocycles. The van der Waals surface area contributed by atoms with E-state index in [1.165, 1.54) is 11.3 Å². The summed E-state index contributed by atoms with van der Waals surface area (Å²) in [6.07, 6.45) is 0.608. The Labute approximate surface area is 137 Å². The molecule has 0 spiro atoms. The first-order valence-corrected chi connectivity index (χ1v) is 8.11. The van der Waals surface area contributed by atoms with Crippen molar-refractivity contribution in [2.45, 2.75) is 25.3 Å². The Morgan fingerprint density at radius 3 is 2.50 bits per heavy atom. The highest BCUT2D eigenvalue weighted by Crippen LogP contribution is 2.13. The third kappa shape index (κ3) is 5.50. The summed E-state index contributed by atoms with van der Waals surface area (Å²) < 4.78 is 0. The predicted octanol–water partition coefficient (Wildman–Crippen LogP) is 3.15. The molecule has 4 nitrogen and oxygen atoms in total. The van der Waals surface area contributed by atoms with Crippen LogP contribution in [0.3, 0.4) is 0 Å². The zero-order chi connectivity index (χ0) is 15.9. The highest BCUT2D eigenvalue weighted by Gasteiger charge is 2.17. The molecule has 2 rings (SSSR count). The molecule has 116 valence electrons. The van der Waals surface area contributed by atoms with Gasteiger partial charge in [-0.2, -0.15) is 11.3 Å². The van der Waals surface area contributed by atoms with Crippen molar-refractivity contribution in [2.75, 3.05) is 0 Å². The molecule has 1 heterocycles. The Bertz CT molecular complexity index is 625. The Hall–Kier alpha value is -1.85. The number of carbonyl (C=O) groups is 2. The predicted molar refractivity (Wildman–Crippen MR) is 87.4 cm³/mol. The van der Waals surface area contributed by atoms with Crippen LogP contribution in [0.15, 0.2) is 41.1 Å². The van der Waals surface area contributed by atoms with E-state index in [1.807, 2.05) is 29.0 Å². The van der Waals surface area contributed by atoms with Crippen LogP contribution in [0.25, 0.3) is 0 Å². The molecule has 0 aliphatic rings. The average molecular weight is 338 g/mol. The van der Waals surface area contributed by atoms with Crippen LogP contribution in [-0.4, -0.2) is 23.0 Å². The monoisotopic (exact) mass is 337 g/mol. The SMILES string of the molecule is O=C(O)CC(Cc1ccc(Cl)cc1)NC(=O)Cc1ccsc1. The number of hydrogen-bond donors (Lipinski definition) is 2. The highest BCUT2D eigenvalue weighted by atomic mass is 35.5. The van der Waals surface area contributed by atoms with Crippen molar-refractivity contribution in [1.82, 2.24) is 5.32 Å². The molecule has 1 atom stereocenters. The minimum absolute atomic E-state index is 0.113. The van der Waals surface area contributed by atoms with Gasteiger partial charge < -0.3 is 10.4 Å². The van der Waals surface area contributed by atoms with E-state index in [2.05, 4.69) is 5.32 Å². The maximum Gasteiger partial charge on any atom is 0.305 e. The number of hydrogen-bond acceptors (Lipinski definition) is 3. The van der Waals surface area contributed by atoms with Gasteiger partial charge in [-0.15, -0.1) is 0 Å². The summed E-state index contributed by atoms with van der Waals surface area (Å²) in [6, 6.07) is 8.62. The quantitative estimate of drug-likeness (QED) is 0.815. The summed E-state index contributed by atoms with van der Waals surface area (Å²) in [7, 11) is 0.